The number of nitrogens with one attached hydrogen (secondary N) is 2. The van der Waals surface area contributed by atoms with E-state index in [0.29, 0.717) is 10.6 Å². The molecule has 1 heterocycles. The van der Waals surface area contributed by atoms with Gasteiger partial charge in [0.25, 0.3) is 11.8 Å². The van der Waals surface area contributed by atoms with Crippen LogP contribution < -0.4 is 10.7 Å². The van der Waals surface area contributed by atoms with E-state index in [1.807, 2.05) is 67.7 Å². The van der Waals surface area contributed by atoms with Crippen LogP contribution in [0.2, 0.25) is 10.0 Å². The second-order valence-corrected chi connectivity index (χ2v) is 8.50. The van der Waals surface area contributed by atoms with Gasteiger partial charge in [0.1, 0.15) is 5.69 Å². The van der Waals surface area contributed by atoms with Gasteiger partial charge in [0.15, 0.2) is 0 Å². The topological polar surface area (TPSA) is 88.4 Å². The number of aryl methyl sites for hydroxylation is 1. The van der Waals surface area contributed by atoms with Gasteiger partial charge in [-0.1, -0.05) is 71.2 Å². The molecule has 4 aromatic rings. The van der Waals surface area contributed by atoms with E-state index in [4.69, 9.17) is 28.3 Å². The fourth-order valence-electron chi connectivity index (χ4n) is 3.24. The Morgan fingerprint density at radius 3 is 2.46 bits per heavy atom. The predicted molar refractivity (Wildman–Crippen MR) is 138 cm³/mol. The van der Waals surface area contributed by atoms with Gasteiger partial charge in [-0.2, -0.15) is 10.2 Å². The SMILES string of the molecule is Cc1ccc(-c2nn(-c3ccccc3)cc2/C=N\NC(=O)CNC(=O)c2ccc(Cl)c(Cl)c2)cc1. The van der Waals surface area contributed by atoms with E-state index in [1.165, 1.54) is 24.4 Å². The summed E-state index contributed by atoms with van der Waals surface area (Å²) in [6.45, 7) is 1.76. The quantitative estimate of drug-likeness (QED) is 0.272. The van der Waals surface area contributed by atoms with Crippen LogP contribution in [-0.2, 0) is 4.79 Å². The number of para-hydroxylation sites is 1. The largest absolute Gasteiger partial charge is 0.343 e. The number of carbonyl (C=O) groups excluding carboxylic acids is 2. The van der Waals surface area contributed by atoms with Crippen molar-refractivity contribution in [1.29, 1.82) is 0 Å². The molecule has 0 aliphatic carbocycles. The summed E-state index contributed by atoms with van der Waals surface area (Å²) in [7, 11) is 0. The highest BCUT2D eigenvalue weighted by Gasteiger charge is 2.12. The molecule has 0 unspecified atom stereocenters. The number of hydrogen-bond donors (Lipinski definition) is 2. The molecule has 35 heavy (non-hydrogen) atoms. The van der Waals surface area contributed by atoms with Crippen LogP contribution in [0.3, 0.4) is 0 Å². The van der Waals surface area contributed by atoms with E-state index < -0.39 is 11.8 Å². The Labute approximate surface area is 212 Å². The first kappa shape index (κ1) is 24.2. The van der Waals surface area contributed by atoms with Gasteiger partial charge < -0.3 is 5.32 Å². The number of nitrogens with zero attached hydrogens (tertiary/aromatic N) is 3. The molecule has 176 valence electrons. The average Bonchev–Trinajstić information content (AvgIpc) is 3.29. The maximum Gasteiger partial charge on any atom is 0.259 e. The van der Waals surface area contributed by atoms with E-state index in [2.05, 4.69) is 15.8 Å². The highest BCUT2D eigenvalue weighted by molar-refractivity contribution is 6.42. The van der Waals surface area contributed by atoms with E-state index in [-0.39, 0.29) is 11.6 Å². The maximum atomic E-state index is 12.2. The normalized spacial score (nSPS) is 10.9. The zero-order valence-electron chi connectivity index (χ0n) is 18.7. The van der Waals surface area contributed by atoms with E-state index in [9.17, 15) is 9.59 Å². The van der Waals surface area contributed by atoms with Crippen LogP contribution >= 0.6 is 23.2 Å². The molecule has 7 nitrogen and oxygen atoms in total. The van der Waals surface area contributed by atoms with Gasteiger partial charge in [0, 0.05) is 22.9 Å². The van der Waals surface area contributed by atoms with Crippen molar-refractivity contribution in [3.63, 3.8) is 0 Å². The lowest BCUT2D eigenvalue weighted by atomic mass is 10.1. The third kappa shape index (κ3) is 6.15. The van der Waals surface area contributed by atoms with Crippen LogP contribution in [0.4, 0.5) is 0 Å². The van der Waals surface area contributed by atoms with Crippen LogP contribution in [0.1, 0.15) is 21.5 Å². The summed E-state index contributed by atoms with van der Waals surface area (Å²) in [5.74, 6) is -0.935. The molecule has 0 spiro atoms. The summed E-state index contributed by atoms with van der Waals surface area (Å²) < 4.78 is 1.76. The summed E-state index contributed by atoms with van der Waals surface area (Å²) in [5.41, 5.74) is 7.13. The van der Waals surface area contributed by atoms with Crippen molar-refractivity contribution in [2.45, 2.75) is 6.92 Å². The molecule has 0 fully saturated rings. The first-order valence-corrected chi connectivity index (χ1v) is 11.4. The molecule has 0 saturated heterocycles. The number of benzene rings is 3. The van der Waals surface area contributed by atoms with Crippen molar-refractivity contribution in [3.05, 3.63) is 106 Å². The van der Waals surface area contributed by atoms with Gasteiger partial charge in [0.2, 0.25) is 0 Å². The average molecular weight is 506 g/mol. The Balaban J connectivity index is 1.45. The third-order valence-electron chi connectivity index (χ3n) is 5.07. The lowest BCUT2D eigenvalue weighted by molar-refractivity contribution is -0.120. The van der Waals surface area contributed by atoms with Gasteiger partial charge in [-0.05, 0) is 37.3 Å². The lowest BCUT2D eigenvalue weighted by Gasteiger charge is -2.05. The molecule has 1 aromatic heterocycles. The minimum absolute atomic E-state index is 0.258. The number of hydrazone groups is 1. The summed E-state index contributed by atoms with van der Waals surface area (Å²) in [6, 6.07) is 22.2. The molecule has 4 rings (SSSR count). The minimum atomic E-state index is -0.484. The Hall–Kier alpha value is -3.94. The molecule has 0 aliphatic rings. The number of carbonyl (C=O) groups is 2. The highest BCUT2D eigenvalue weighted by atomic mass is 35.5. The minimum Gasteiger partial charge on any atom is -0.343 e. The molecule has 3 aromatic carbocycles. The van der Waals surface area contributed by atoms with Gasteiger partial charge in [-0.25, -0.2) is 10.1 Å². The van der Waals surface area contributed by atoms with Crippen LogP contribution in [0, 0.1) is 6.92 Å². The molecule has 0 aliphatic heterocycles. The zero-order chi connectivity index (χ0) is 24.8. The van der Waals surface area contributed by atoms with Crippen molar-refractivity contribution >= 4 is 41.2 Å². The fourth-order valence-corrected chi connectivity index (χ4v) is 3.54. The van der Waals surface area contributed by atoms with Gasteiger partial charge in [-0.3, -0.25) is 9.59 Å². The second-order valence-electron chi connectivity index (χ2n) is 7.68. The van der Waals surface area contributed by atoms with Crippen molar-refractivity contribution in [2.24, 2.45) is 5.10 Å². The number of amides is 2. The second kappa shape index (κ2) is 11.0. The number of rotatable bonds is 7. The summed E-state index contributed by atoms with van der Waals surface area (Å²) in [6.07, 6.45) is 3.37. The smallest absolute Gasteiger partial charge is 0.259 e. The predicted octanol–water partition coefficient (Wildman–Crippen LogP) is 5.03. The number of hydrogen-bond acceptors (Lipinski definition) is 4. The third-order valence-corrected chi connectivity index (χ3v) is 5.81. The Morgan fingerprint density at radius 1 is 1.00 bits per heavy atom. The monoisotopic (exact) mass is 505 g/mol. The van der Waals surface area contributed by atoms with Gasteiger partial charge >= 0.3 is 0 Å². The van der Waals surface area contributed by atoms with Gasteiger partial charge in [-0.15, -0.1) is 0 Å². The molecular formula is C26H21Cl2N5O2. The first-order chi connectivity index (χ1) is 16.9. The van der Waals surface area contributed by atoms with Gasteiger partial charge in [0.05, 0.1) is 28.5 Å². The van der Waals surface area contributed by atoms with E-state index in [1.54, 1.807) is 4.68 Å². The van der Waals surface area contributed by atoms with Crippen molar-refractivity contribution in [1.82, 2.24) is 20.5 Å². The van der Waals surface area contributed by atoms with Crippen molar-refractivity contribution < 1.29 is 9.59 Å². The van der Waals surface area contributed by atoms with Crippen LogP contribution in [0.15, 0.2) is 84.1 Å². The van der Waals surface area contributed by atoms with Crippen molar-refractivity contribution in [2.75, 3.05) is 6.54 Å². The first-order valence-electron chi connectivity index (χ1n) is 10.7. The lowest BCUT2D eigenvalue weighted by Crippen LogP contribution is -2.34. The molecular weight excluding hydrogens is 485 g/mol. The standard InChI is InChI=1S/C26H21Cl2N5O2/c1-17-7-9-18(10-8-17)25-20(16-33(32-25)21-5-3-2-4-6-21)14-30-31-24(34)15-29-26(35)19-11-12-22(27)23(28)13-19/h2-14,16H,15H2,1H3,(H,29,35)(H,31,34)/b30-14-. The Morgan fingerprint density at radius 2 is 1.74 bits per heavy atom. The molecule has 2 N–H and O–H groups in total. The Bertz CT molecular complexity index is 1380. The van der Waals surface area contributed by atoms with E-state index in [0.717, 1.165) is 28.1 Å². The Kier molecular flexibility index (Phi) is 7.60. The van der Waals surface area contributed by atoms with Crippen LogP contribution in [0.5, 0.6) is 0 Å². The molecule has 2 amide bonds. The van der Waals surface area contributed by atoms with Crippen LogP contribution in [-0.4, -0.2) is 34.4 Å². The maximum absolute atomic E-state index is 12.2. The molecule has 0 radical (unpaired) electrons. The number of aromatic nitrogens is 2. The summed E-state index contributed by atoms with van der Waals surface area (Å²) in [4.78, 5) is 24.4. The summed E-state index contributed by atoms with van der Waals surface area (Å²) >= 11 is 11.8. The fraction of sp³-hybridized carbons (Fsp3) is 0.0769. The molecule has 0 bridgehead atoms. The number of halogens is 2. The highest BCUT2D eigenvalue weighted by Crippen LogP contribution is 2.24. The zero-order valence-corrected chi connectivity index (χ0v) is 20.2. The molecule has 9 heteroatoms. The molecule has 0 saturated carbocycles. The van der Waals surface area contributed by atoms with Crippen molar-refractivity contribution in [3.8, 4) is 16.9 Å². The molecule has 0 atom stereocenters. The van der Waals surface area contributed by atoms with Crippen LogP contribution in [0.25, 0.3) is 16.9 Å². The van der Waals surface area contributed by atoms with E-state index >= 15 is 0 Å². The summed E-state index contributed by atoms with van der Waals surface area (Å²) in [5, 5.41) is 11.9.